The van der Waals surface area contributed by atoms with Gasteiger partial charge < -0.3 is 2.85 Å². The number of rotatable bonds is 0. The fraction of sp³-hybridized carbons (Fsp3) is 0. The average molecular weight is 297 g/mol. The molecule has 0 rings (SSSR count). The zero-order valence-corrected chi connectivity index (χ0v) is 12.1. The molecule has 0 heterocycles. The van der Waals surface area contributed by atoms with Gasteiger partial charge in [0, 0.05) is 36.5 Å². The van der Waals surface area contributed by atoms with Crippen molar-refractivity contribution in [2.75, 3.05) is 0 Å². The zero-order chi connectivity index (χ0) is 0. The molecule has 0 aromatic rings. The predicted molar refractivity (Wildman–Crippen MR) is 26.5 cm³/mol. The van der Waals surface area contributed by atoms with E-state index in [4.69, 9.17) is 0 Å². The van der Waals surface area contributed by atoms with Crippen LogP contribution in [-0.4, -0.2) is 64.3 Å². The van der Waals surface area contributed by atoms with E-state index in [0.29, 0.717) is 0 Å². The van der Waals surface area contributed by atoms with Crippen molar-refractivity contribution in [3.8, 4) is 0 Å². The van der Waals surface area contributed by atoms with E-state index in [1.165, 1.54) is 0 Å². The van der Waals surface area contributed by atoms with E-state index in [9.17, 15) is 0 Å². The first-order valence-electron chi connectivity index (χ1n) is 0. The molecule has 0 unspecified atom stereocenters. The van der Waals surface area contributed by atoms with E-state index in [2.05, 4.69) is 0 Å². The Morgan fingerprint density at radius 1 is 1.20 bits per heavy atom. The van der Waals surface area contributed by atoms with Crippen LogP contribution in [0.15, 0.2) is 0 Å². The minimum atomic E-state index is 0. The third kappa shape index (κ3) is 18.9. The minimum Gasteiger partial charge on any atom is 0 e. The molecule has 0 N–H and O–H groups in total. The van der Waals surface area contributed by atoms with Crippen molar-refractivity contribution in [1.82, 2.24) is 0 Å². The van der Waals surface area contributed by atoms with Gasteiger partial charge in [0.1, 0.15) is 0 Å². The van der Waals surface area contributed by atoms with E-state index in [0.717, 1.165) is 0 Å². The molecule has 0 saturated heterocycles. The van der Waals surface area contributed by atoms with Gasteiger partial charge in [-0.15, -0.1) is 0 Å². The van der Waals surface area contributed by atoms with Crippen LogP contribution in [0.25, 0.3) is 0 Å². The van der Waals surface area contributed by atoms with E-state index < -0.39 is 0 Å². The molecule has 3 radical (unpaired) electrons. The van der Waals surface area contributed by atoms with Gasteiger partial charge in [0.2, 0.25) is 0 Å². The van der Waals surface area contributed by atoms with Crippen molar-refractivity contribution >= 4 is 64.3 Å². The monoisotopic (exact) mass is 297 g/mol. The van der Waals surface area contributed by atoms with Crippen LogP contribution >= 0.6 is 0 Å². The van der Waals surface area contributed by atoms with Gasteiger partial charge in [-0.3, -0.25) is 0 Å². The van der Waals surface area contributed by atoms with Crippen LogP contribution in [-0.2, 0) is 36.5 Å². The Morgan fingerprint density at radius 2 is 1.20 bits per heavy atom. The van der Waals surface area contributed by atoms with Crippen molar-refractivity contribution in [1.29, 1.82) is 0 Å². The molecule has 0 aliphatic rings. The van der Waals surface area contributed by atoms with E-state index in [1.807, 2.05) is 0 Å². The van der Waals surface area contributed by atoms with Crippen LogP contribution in [0.4, 0.5) is 0 Å². The van der Waals surface area contributed by atoms with Crippen molar-refractivity contribution in [2.24, 2.45) is 0 Å². The third-order valence-corrected chi connectivity index (χ3v) is 0. The summed E-state index contributed by atoms with van der Waals surface area (Å²) in [6, 6.07) is 0. The fourth-order valence-corrected chi connectivity index (χ4v) is 0. The largest absolute Gasteiger partial charge is 0 e. The topological polar surface area (TPSA) is 0 Å². The first kappa shape index (κ1) is 41.1. The van der Waals surface area contributed by atoms with Crippen molar-refractivity contribution in [3.05, 3.63) is 0 Å². The molecule has 0 spiro atoms. The van der Waals surface area contributed by atoms with Gasteiger partial charge in [0.25, 0.3) is 0 Å². The molecular weight excluding hydrogens is 290 g/mol. The maximum Gasteiger partial charge on any atom is 0 e. The molecule has 0 aromatic heterocycles. The molecule has 25 valence electrons. The SMILES string of the molecule is [AlH3].[H-].[H-].[Mg+2].[Mn].[SnH2].[Zn]. The summed E-state index contributed by atoms with van der Waals surface area (Å²) in [5.74, 6) is 0. The van der Waals surface area contributed by atoms with Crippen LogP contribution < -0.4 is 0 Å². The number of hydrogen-bond acceptors (Lipinski definition) is 0. The molecule has 0 aliphatic heterocycles. The summed E-state index contributed by atoms with van der Waals surface area (Å²) >= 11 is 0. The molecule has 0 saturated carbocycles. The molecular formula is H7AlMgMnSnZn. The smallest absolute Gasteiger partial charge is 0 e. The van der Waals surface area contributed by atoms with Gasteiger partial charge in [-0.1, -0.05) is 0 Å². The van der Waals surface area contributed by atoms with Crippen molar-refractivity contribution in [3.63, 3.8) is 0 Å². The van der Waals surface area contributed by atoms with Crippen LogP contribution in [0.3, 0.4) is 0 Å². The standard InChI is InChI=1S/Al.Mg.Mn.Sn.Zn.7H/q;+2;;;;;;;;;2*-1. The number of hydrogen-bond donors (Lipinski definition) is 0. The summed E-state index contributed by atoms with van der Waals surface area (Å²) < 4.78 is 0. The third-order valence-electron chi connectivity index (χ3n) is 0. The van der Waals surface area contributed by atoms with E-state index >= 15 is 0 Å². The first-order valence-corrected chi connectivity index (χ1v) is 0. The Kier molecular flexibility index (Phi) is 221. The molecule has 0 atom stereocenters. The van der Waals surface area contributed by atoms with Crippen LogP contribution in [0, 0.1) is 0 Å². The van der Waals surface area contributed by atoms with E-state index in [1.54, 1.807) is 0 Å². The van der Waals surface area contributed by atoms with Gasteiger partial charge >= 0.3 is 47.0 Å². The Hall–Kier alpha value is 3.24. The second kappa shape index (κ2) is 26.9. The van der Waals surface area contributed by atoms with Crippen molar-refractivity contribution in [2.45, 2.75) is 0 Å². The van der Waals surface area contributed by atoms with Gasteiger partial charge in [0.05, 0.1) is 0 Å². The van der Waals surface area contributed by atoms with E-state index in [-0.39, 0.29) is 104 Å². The zero-order valence-electron chi connectivity index (χ0n) is 4.50. The summed E-state index contributed by atoms with van der Waals surface area (Å²) in [5.41, 5.74) is 0. The maximum absolute atomic E-state index is 0. The molecule has 0 fully saturated rings. The molecule has 5 heteroatoms. The van der Waals surface area contributed by atoms with Gasteiger partial charge in [-0.2, -0.15) is 0 Å². The molecule has 0 amide bonds. The summed E-state index contributed by atoms with van der Waals surface area (Å²) in [7, 11) is 0. The predicted octanol–water partition coefficient (Wildman–Crippen LogP) is -2.26. The summed E-state index contributed by atoms with van der Waals surface area (Å²) in [6.07, 6.45) is 0. The Morgan fingerprint density at radius 3 is 1.20 bits per heavy atom. The first-order chi connectivity index (χ1) is 0. The summed E-state index contributed by atoms with van der Waals surface area (Å²) in [5, 5.41) is 0. The normalized spacial score (nSPS) is 0. The molecule has 0 bridgehead atoms. The van der Waals surface area contributed by atoms with Gasteiger partial charge in [-0.05, 0) is 0 Å². The van der Waals surface area contributed by atoms with Crippen LogP contribution in [0.2, 0.25) is 0 Å². The van der Waals surface area contributed by atoms with Crippen LogP contribution in [0.1, 0.15) is 2.85 Å². The second-order valence-corrected chi connectivity index (χ2v) is 0. The molecule has 0 aliphatic carbocycles. The Labute approximate surface area is 102 Å². The quantitative estimate of drug-likeness (QED) is 0.443. The maximum atomic E-state index is 0. The van der Waals surface area contributed by atoms with Gasteiger partial charge in [-0.25, -0.2) is 0 Å². The Balaban J connectivity index is 0. The summed E-state index contributed by atoms with van der Waals surface area (Å²) in [4.78, 5) is 0. The molecule has 0 aromatic carbocycles. The average Bonchev–Trinajstić information content (AvgIpc) is 0. The van der Waals surface area contributed by atoms with Gasteiger partial charge in [0.15, 0.2) is 17.4 Å². The Bertz CT molecular complexity index is 17.7. The minimum absolute atomic E-state index is 0. The fourth-order valence-electron chi connectivity index (χ4n) is 0. The second-order valence-electron chi connectivity index (χ2n) is 0. The molecule has 5 heavy (non-hydrogen) atoms. The van der Waals surface area contributed by atoms with Crippen LogP contribution in [0.5, 0.6) is 0 Å². The van der Waals surface area contributed by atoms with Crippen molar-refractivity contribution < 1.29 is 39.4 Å². The molecule has 0 nitrogen and oxygen atoms in total. The summed E-state index contributed by atoms with van der Waals surface area (Å²) in [6.45, 7) is 0.